The summed E-state index contributed by atoms with van der Waals surface area (Å²) in [4.78, 5) is 14.7. The second kappa shape index (κ2) is 9.37. The van der Waals surface area contributed by atoms with E-state index in [2.05, 4.69) is 10.2 Å². The molecule has 1 aliphatic heterocycles. The summed E-state index contributed by atoms with van der Waals surface area (Å²) in [5.41, 5.74) is 1.10. The van der Waals surface area contributed by atoms with E-state index < -0.39 is 21.9 Å². The minimum absolute atomic E-state index is 0.00286. The smallest absolute Gasteiger partial charge is 0.243 e. The van der Waals surface area contributed by atoms with Gasteiger partial charge in [-0.3, -0.25) is 4.79 Å². The molecule has 1 atom stereocenters. The van der Waals surface area contributed by atoms with Crippen LogP contribution in [-0.4, -0.2) is 51.4 Å². The topological polar surface area (TPSA) is 69.7 Å². The lowest BCUT2D eigenvalue weighted by atomic mass is 10.2. The maximum Gasteiger partial charge on any atom is 0.243 e. The van der Waals surface area contributed by atoms with Gasteiger partial charge in [0.2, 0.25) is 15.9 Å². The molecule has 0 saturated carbocycles. The molecule has 6 nitrogen and oxygen atoms in total. The summed E-state index contributed by atoms with van der Waals surface area (Å²) < 4.78 is 40.1. The fourth-order valence-corrected chi connectivity index (χ4v) is 5.15. The molecule has 1 fully saturated rings. The maximum atomic E-state index is 13.1. The monoisotopic (exact) mass is 419 g/mol. The van der Waals surface area contributed by atoms with Gasteiger partial charge in [-0.05, 0) is 55.7 Å². The van der Waals surface area contributed by atoms with Crippen LogP contribution in [0.1, 0.15) is 19.3 Å². The van der Waals surface area contributed by atoms with E-state index in [1.165, 1.54) is 16.4 Å². The first-order valence-electron chi connectivity index (χ1n) is 9.71. The highest BCUT2D eigenvalue weighted by molar-refractivity contribution is 7.89. The zero-order chi connectivity index (χ0) is 20.9. The lowest BCUT2D eigenvalue weighted by molar-refractivity contribution is -0.124. The van der Waals surface area contributed by atoms with Crippen molar-refractivity contribution in [2.24, 2.45) is 0 Å². The third-order valence-corrected chi connectivity index (χ3v) is 7.02. The second-order valence-corrected chi connectivity index (χ2v) is 9.02. The Morgan fingerprint density at radius 2 is 1.86 bits per heavy atom. The van der Waals surface area contributed by atoms with Gasteiger partial charge in [-0.15, -0.1) is 0 Å². The Morgan fingerprint density at radius 1 is 1.17 bits per heavy atom. The zero-order valence-corrected chi connectivity index (χ0v) is 17.2. The van der Waals surface area contributed by atoms with Crippen LogP contribution in [0.4, 0.5) is 10.1 Å². The van der Waals surface area contributed by atoms with Gasteiger partial charge in [-0.1, -0.05) is 18.2 Å². The van der Waals surface area contributed by atoms with E-state index in [0.29, 0.717) is 19.4 Å². The van der Waals surface area contributed by atoms with E-state index in [9.17, 15) is 17.6 Å². The van der Waals surface area contributed by atoms with Crippen LogP contribution in [0.5, 0.6) is 0 Å². The molecule has 0 radical (unpaired) electrons. The summed E-state index contributed by atoms with van der Waals surface area (Å²) in [6.45, 7) is 1.53. The number of para-hydroxylation sites is 1. The van der Waals surface area contributed by atoms with Crippen molar-refractivity contribution in [3.05, 3.63) is 60.4 Å². The first-order valence-corrected chi connectivity index (χ1v) is 11.1. The van der Waals surface area contributed by atoms with Crippen LogP contribution in [-0.2, 0) is 14.8 Å². The second-order valence-electron chi connectivity index (χ2n) is 7.13. The average Bonchev–Trinajstić information content (AvgIpc) is 3.23. The summed E-state index contributed by atoms with van der Waals surface area (Å²) in [5, 5.41) is 2.86. The van der Waals surface area contributed by atoms with Crippen molar-refractivity contribution in [1.29, 1.82) is 0 Å². The van der Waals surface area contributed by atoms with Gasteiger partial charge in [0, 0.05) is 32.4 Å². The largest absolute Gasteiger partial charge is 0.375 e. The molecule has 2 aromatic rings. The number of nitrogens with zero attached hydrogens (tertiary/aromatic N) is 2. The van der Waals surface area contributed by atoms with Crippen LogP contribution in [0.2, 0.25) is 0 Å². The highest BCUT2D eigenvalue weighted by atomic mass is 32.2. The van der Waals surface area contributed by atoms with E-state index in [0.717, 1.165) is 30.8 Å². The fourth-order valence-electron chi connectivity index (χ4n) is 3.49. The van der Waals surface area contributed by atoms with Crippen molar-refractivity contribution >= 4 is 21.6 Å². The Kier molecular flexibility index (Phi) is 6.87. The lowest BCUT2D eigenvalue weighted by Crippen LogP contribution is -2.46. The van der Waals surface area contributed by atoms with Crippen molar-refractivity contribution in [2.75, 3.05) is 31.6 Å². The fraction of sp³-hybridized carbons (Fsp3) is 0.381. The number of benzene rings is 2. The first kappa shape index (κ1) is 21.3. The number of hydrogen-bond donors (Lipinski definition) is 1. The van der Waals surface area contributed by atoms with Crippen LogP contribution in [0.3, 0.4) is 0 Å². The quantitative estimate of drug-likeness (QED) is 0.668. The Hall–Kier alpha value is -2.45. The predicted octanol–water partition coefficient (Wildman–Crippen LogP) is 2.62. The number of anilines is 1. The normalized spacial score (nSPS) is 17.2. The molecule has 0 aliphatic carbocycles. The van der Waals surface area contributed by atoms with Crippen LogP contribution in [0.25, 0.3) is 0 Å². The minimum Gasteiger partial charge on any atom is -0.375 e. The van der Waals surface area contributed by atoms with E-state index in [4.69, 9.17) is 0 Å². The minimum atomic E-state index is -3.83. The van der Waals surface area contributed by atoms with E-state index in [1.807, 2.05) is 37.4 Å². The molecule has 1 amide bonds. The van der Waals surface area contributed by atoms with Gasteiger partial charge in [-0.2, -0.15) is 4.31 Å². The summed E-state index contributed by atoms with van der Waals surface area (Å²) in [7, 11) is -1.84. The highest BCUT2D eigenvalue weighted by Crippen LogP contribution is 2.26. The summed E-state index contributed by atoms with van der Waals surface area (Å²) in [5.74, 6) is -0.782. The molecule has 29 heavy (non-hydrogen) atoms. The van der Waals surface area contributed by atoms with E-state index in [1.54, 1.807) is 0 Å². The molecular weight excluding hydrogens is 393 g/mol. The molecule has 2 aromatic carbocycles. The van der Waals surface area contributed by atoms with Crippen LogP contribution >= 0.6 is 0 Å². The molecule has 8 heteroatoms. The number of carbonyl (C=O) groups excluding carboxylic acids is 1. The predicted molar refractivity (Wildman–Crippen MR) is 111 cm³/mol. The van der Waals surface area contributed by atoms with Crippen molar-refractivity contribution in [3.63, 3.8) is 0 Å². The van der Waals surface area contributed by atoms with Crippen LogP contribution in [0.15, 0.2) is 59.5 Å². The Labute approximate surface area is 171 Å². The van der Waals surface area contributed by atoms with Gasteiger partial charge in [0.15, 0.2) is 0 Å². The van der Waals surface area contributed by atoms with Gasteiger partial charge in [0.25, 0.3) is 0 Å². The molecule has 3 rings (SSSR count). The van der Waals surface area contributed by atoms with Crippen LogP contribution in [0, 0.1) is 5.82 Å². The number of sulfonamides is 1. The van der Waals surface area contributed by atoms with Crippen molar-refractivity contribution in [2.45, 2.75) is 30.2 Å². The first-order chi connectivity index (χ1) is 13.9. The Balaban J connectivity index is 1.54. The van der Waals surface area contributed by atoms with Gasteiger partial charge in [-0.25, -0.2) is 12.8 Å². The Bertz CT molecular complexity index is 920. The third kappa shape index (κ3) is 5.13. The van der Waals surface area contributed by atoms with Crippen LogP contribution < -0.4 is 10.2 Å². The number of rotatable bonds is 8. The van der Waals surface area contributed by atoms with Gasteiger partial charge >= 0.3 is 0 Å². The molecule has 1 saturated heterocycles. The standard InChI is InChI=1S/C21H26FN3O3S/c1-24(18-7-3-2-4-8-18)15-6-14-23-21(26)20-9-5-16-25(20)29(27,28)19-12-10-17(22)11-13-19/h2-4,7-8,10-13,20H,5-6,9,14-16H2,1H3,(H,23,26). The van der Waals surface area contributed by atoms with Gasteiger partial charge < -0.3 is 10.2 Å². The molecular formula is C21H26FN3O3S. The van der Waals surface area contributed by atoms with Crippen molar-refractivity contribution < 1.29 is 17.6 Å². The highest BCUT2D eigenvalue weighted by Gasteiger charge is 2.39. The lowest BCUT2D eigenvalue weighted by Gasteiger charge is -2.24. The van der Waals surface area contributed by atoms with Crippen molar-refractivity contribution in [1.82, 2.24) is 9.62 Å². The number of amides is 1. The number of nitrogens with one attached hydrogen (secondary N) is 1. The average molecular weight is 420 g/mol. The summed E-state index contributed by atoms with van der Waals surface area (Å²) >= 11 is 0. The molecule has 0 bridgehead atoms. The summed E-state index contributed by atoms with van der Waals surface area (Å²) in [6.07, 6.45) is 1.85. The third-order valence-electron chi connectivity index (χ3n) is 5.09. The molecule has 1 heterocycles. The molecule has 1 N–H and O–H groups in total. The SMILES string of the molecule is CN(CCCNC(=O)C1CCCN1S(=O)(=O)c1ccc(F)cc1)c1ccccc1. The van der Waals surface area contributed by atoms with E-state index in [-0.39, 0.29) is 17.3 Å². The van der Waals surface area contributed by atoms with Gasteiger partial charge in [0.05, 0.1) is 4.90 Å². The number of carbonyl (C=O) groups is 1. The molecule has 0 spiro atoms. The number of halogens is 1. The van der Waals surface area contributed by atoms with Crippen molar-refractivity contribution in [3.8, 4) is 0 Å². The molecule has 1 unspecified atom stereocenters. The Morgan fingerprint density at radius 3 is 2.55 bits per heavy atom. The molecule has 1 aliphatic rings. The summed E-state index contributed by atoms with van der Waals surface area (Å²) in [6, 6.07) is 13.9. The number of hydrogen-bond acceptors (Lipinski definition) is 4. The molecule has 0 aromatic heterocycles. The van der Waals surface area contributed by atoms with E-state index >= 15 is 0 Å². The molecule has 156 valence electrons. The maximum absolute atomic E-state index is 13.1. The zero-order valence-electron chi connectivity index (χ0n) is 16.4. The van der Waals surface area contributed by atoms with Gasteiger partial charge in [0.1, 0.15) is 11.9 Å².